The molecule has 26 heavy (non-hydrogen) atoms. The summed E-state index contributed by atoms with van der Waals surface area (Å²) in [5, 5.41) is 8.42. The molecule has 0 aliphatic heterocycles. The zero-order valence-electron chi connectivity index (χ0n) is 15.7. The van der Waals surface area contributed by atoms with Gasteiger partial charge < -0.3 is 0 Å². The number of ketones is 1. The lowest BCUT2D eigenvalue weighted by Gasteiger charge is -2.05. The molecule has 0 spiro atoms. The summed E-state index contributed by atoms with van der Waals surface area (Å²) < 4.78 is 0. The summed E-state index contributed by atoms with van der Waals surface area (Å²) >= 11 is 0. The van der Waals surface area contributed by atoms with Crippen molar-refractivity contribution in [3.8, 4) is 0 Å². The number of carbonyl (C=O) groups is 2. The molecule has 1 rings (SSSR count). The minimum atomic E-state index is -0.602. The second kappa shape index (κ2) is 11.9. The van der Waals surface area contributed by atoms with Gasteiger partial charge in [-0.1, -0.05) is 42.8 Å². The summed E-state index contributed by atoms with van der Waals surface area (Å²) in [5.74, 6) is -0.0942. The largest absolute Gasteiger partial charge is 0.292 e. The monoisotopic (exact) mass is 356 g/mol. The number of hydrogen-bond donors (Lipinski definition) is 2. The van der Waals surface area contributed by atoms with Crippen LogP contribution in [0, 0.1) is 5.92 Å². The Morgan fingerprint density at radius 2 is 1.92 bits per heavy atom. The van der Waals surface area contributed by atoms with Gasteiger partial charge in [-0.25, -0.2) is 5.48 Å². The van der Waals surface area contributed by atoms with E-state index in [0.29, 0.717) is 11.5 Å². The molecule has 5 nitrogen and oxygen atoms in total. The molecule has 0 aliphatic carbocycles. The van der Waals surface area contributed by atoms with Crippen molar-refractivity contribution in [2.24, 2.45) is 10.9 Å². The minimum absolute atomic E-state index is 0.0397. The molecule has 0 radical (unpaired) electrons. The minimum Gasteiger partial charge on any atom is -0.292 e. The maximum absolute atomic E-state index is 12.1. The van der Waals surface area contributed by atoms with Gasteiger partial charge in [0, 0.05) is 11.6 Å². The Balaban J connectivity index is 2.42. The van der Waals surface area contributed by atoms with Crippen LogP contribution in [0.15, 0.2) is 47.0 Å². The first kappa shape index (κ1) is 21.5. The molecule has 1 atom stereocenters. The molecule has 0 heterocycles. The highest BCUT2D eigenvalue weighted by Gasteiger charge is 2.04. The normalized spacial score (nSPS) is 12.3. The van der Waals surface area contributed by atoms with Crippen LogP contribution in [0.4, 0.5) is 0 Å². The zero-order valence-corrected chi connectivity index (χ0v) is 15.7. The number of benzene rings is 1. The molecule has 0 fully saturated rings. The van der Waals surface area contributed by atoms with E-state index in [9.17, 15) is 9.59 Å². The van der Waals surface area contributed by atoms with E-state index in [-0.39, 0.29) is 12.3 Å². The fraction of sp³-hybridized carbons (Fsp3) is 0.381. The number of carbonyl (C=O) groups excluding carboxylic acids is 2. The molecular formula is C21H28N2O3. The van der Waals surface area contributed by atoms with Gasteiger partial charge in [0.2, 0.25) is 0 Å². The van der Waals surface area contributed by atoms with Gasteiger partial charge in [0.1, 0.15) is 6.54 Å². The smallest absolute Gasteiger partial charge is 0.267 e. The number of allylic oxidation sites excluding steroid dienone is 2. The van der Waals surface area contributed by atoms with Crippen molar-refractivity contribution < 1.29 is 14.8 Å². The molecule has 0 aromatic heterocycles. The van der Waals surface area contributed by atoms with Crippen LogP contribution in [0.1, 0.15) is 56.0 Å². The van der Waals surface area contributed by atoms with Crippen LogP contribution in [-0.2, 0) is 4.79 Å². The Kier molecular flexibility index (Phi) is 9.87. The van der Waals surface area contributed by atoms with Crippen LogP contribution in [0.25, 0.3) is 6.08 Å². The average Bonchev–Trinajstić information content (AvgIpc) is 2.63. The molecule has 1 aromatic carbocycles. The summed E-state index contributed by atoms with van der Waals surface area (Å²) in [7, 11) is 0. The highest BCUT2D eigenvalue weighted by atomic mass is 16.5. The third-order valence-electron chi connectivity index (χ3n) is 3.85. The fourth-order valence-corrected chi connectivity index (χ4v) is 2.26. The van der Waals surface area contributed by atoms with Gasteiger partial charge in [-0.15, -0.1) is 0 Å². The number of Topliss-reactive ketones (excluding diaryl/α,β-unsaturated/α-hetero) is 1. The second-order valence-corrected chi connectivity index (χ2v) is 6.58. The Hall–Kier alpha value is -2.53. The van der Waals surface area contributed by atoms with Crippen LogP contribution in [0.3, 0.4) is 0 Å². The van der Waals surface area contributed by atoms with E-state index in [1.54, 1.807) is 30.3 Å². The van der Waals surface area contributed by atoms with Gasteiger partial charge in [0.25, 0.3) is 5.91 Å². The third kappa shape index (κ3) is 9.08. The van der Waals surface area contributed by atoms with E-state index in [1.165, 1.54) is 17.1 Å². The van der Waals surface area contributed by atoms with Crippen molar-refractivity contribution in [2.75, 3.05) is 6.54 Å². The number of hydroxylamine groups is 1. The van der Waals surface area contributed by atoms with Gasteiger partial charge in [-0.2, -0.15) is 0 Å². The Labute approximate surface area is 155 Å². The Morgan fingerprint density at radius 3 is 2.54 bits per heavy atom. The van der Waals surface area contributed by atoms with Crippen molar-refractivity contribution >= 4 is 24.0 Å². The first-order valence-corrected chi connectivity index (χ1v) is 8.79. The zero-order chi connectivity index (χ0) is 19.4. The van der Waals surface area contributed by atoms with Crippen LogP contribution in [-0.4, -0.2) is 29.7 Å². The predicted octanol–water partition coefficient (Wildman–Crippen LogP) is 4.23. The molecule has 0 bridgehead atoms. The Bertz CT molecular complexity index is 669. The predicted molar refractivity (Wildman–Crippen MR) is 106 cm³/mol. The number of nitrogens with one attached hydrogen (secondary N) is 1. The number of nitrogens with zero attached hydrogens (tertiary/aromatic N) is 1. The van der Waals surface area contributed by atoms with Gasteiger partial charge >= 0.3 is 0 Å². The van der Waals surface area contributed by atoms with Crippen molar-refractivity contribution in [2.45, 2.75) is 40.0 Å². The van der Waals surface area contributed by atoms with E-state index in [0.717, 1.165) is 24.8 Å². The fourth-order valence-electron chi connectivity index (χ4n) is 2.26. The van der Waals surface area contributed by atoms with Gasteiger partial charge in [-0.3, -0.25) is 19.8 Å². The van der Waals surface area contributed by atoms with Crippen molar-refractivity contribution in [3.63, 3.8) is 0 Å². The molecule has 140 valence electrons. The standard InChI is InChI=1S/C21H28N2O3/c1-16(2)5-4-6-17(3)13-14-22-15-20(24)19-10-7-18(8-11-19)9-12-21(25)23-26/h5,7-12,14,17,26H,4,6,13,15H2,1-3H3,(H,23,25)/b12-9+,22-14?/t17-/m0/s1. The number of amides is 1. The van der Waals surface area contributed by atoms with Crippen LogP contribution in [0.2, 0.25) is 0 Å². The quantitative estimate of drug-likeness (QED) is 0.164. The first-order valence-electron chi connectivity index (χ1n) is 8.79. The number of aliphatic imine (C=N–C) groups is 1. The SMILES string of the molecule is CC(C)=CCC[C@H](C)CC=NCC(=O)c1ccc(/C=C/C(=O)NO)cc1. The second-order valence-electron chi connectivity index (χ2n) is 6.58. The van der Waals surface area contributed by atoms with E-state index in [1.807, 2.05) is 6.21 Å². The summed E-state index contributed by atoms with van der Waals surface area (Å²) in [4.78, 5) is 27.3. The lowest BCUT2D eigenvalue weighted by Crippen LogP contribution is -2.14. The lowest BCUT2D eigenvalue weighted by molar-refractivity contribution is -0.124. The van der Waals surface area contributed by atoms with Crippen molar-refractivity contribution in [1.82, 2.24) is 5.48 Å². The van der Waals surface area contributed by atoms with Crippen LogP contribution in [0.5, 0.6) is 0 Å². The van der Waals surface area contributed by atoms with E-state index in [2.05, 4.69) is 31.8 Å². The number of hydrogen-bond acceptors (Lipinski definition) is 4. The third-order valence-corrected chi connectivity index (χ3v) is 3.85. The van der Waals surface area contributed by atoms with Gasteiger partial charge in [-0.05, 0) is 56.9 Å². The molecule has 1 amide bonds. The van der Waals surface area contributed by atoms with E-state index < -0.39 is 5.91 Å². The van der Waals surface area contributed by atoms with Gasteiger partial charge in [0.05, 0.1) is 0 Å². The Morgan fingerprint density at radius 1 is 1.23 bits per heavy atom. The maximum Gasteiger partial charge on any atom is 0.267 e. The molecule has 2 N–H and O–H groups in total. The summed E-state index contributed by atoms with van der Waals surface area (Å²) in [5.41, 5.74) is 4.21. The highest BCUT2D eigenvalue weighted by molar-refractivity contribution is 5.98. The summed E-state index contributed by atoms with van der Waals surface area (Å²) in [6.45, 7) is 6.54. The first-order chi connectivity index (χ1) is 12.4. The molecule has 0 unspecified atom stereocenters. The van der Waals surface area contributed by atoms with Crippen molar-refractivity contribution in [1.29, 1.82) is 0 Å². The lowest BCUT2D eigenvalue weighted by atomic mass is 10.0. The molecule has 0 saturated heterocycles. The molecule has 0 saturated carbocycles. The average molecular weight is 356 g/mol. The van der Waals surface area contributed by atoms with E-state index >= 15 is 0 Å². The maximum atomic E-state index is 12.1. The number of rotatable bonds is 10. The topological polar surface area (TPSA) is 78.8 Å². The highest BCUT2D eigenvalue weighted by Crippen LogP contribution is 2.11. The molecular weight excluding hydrogens is 328 g/mol. The van der Waals surface area contributed by atoms with Gasteiger partial charge in [0.15, 0.2) is 5.78 Å². The molecule has 0 aliphatic rings. The molecule has 5 heteroatoms. The molecule has 1 aromatic rings. The van der Waals surface area contributed by atoms with E-state index in [4.69, 9.17) is 5.21 Å². The van der Waals surface area contributed by atoms with Crippen LogP contribution >= 0.6 is 0 Å². The van der Waals surface area contributed by atoms with Crippen LogP contribution < -0.4 is 5.48 Å². The summed E-state index contributed by atoms with van der Waals surface area (Å²) in [6, 6.07) is 6.89. The summed E-state index contributed by atoms with van der Waals surface area (Å²) in [6.07, 6.45) is 9.92. The van der Waals surface area contributed by atoms with Crippen molar-refractivity contribution in [3.05, 3.63) is 53.1 Å².